The number of carbonyl (C=O) groups is 6. The number of nitrogens with zero attached hydrogens (tertiary/aromatic N) is 4. The number of nitrogens with two attached hydrogens (primary N) is 3. The van der Waals surface area contributed by atoms with Crippen LogP contribution in [0.5, 0.6) is 0 Å². The van der Waals surface area contributed by atoms with Crippen molar-refractivity contribution in [3.63, 3.8) is 0 Å². The summed E-state index contributed by atoms with van der Waals surface area (Å²) >= 11 is 8.19. The lowest BCUT2D eigenvalue weighted by Crippen LogP contribution is -2.27. The number of hydrogen-bond acceptors (Lipinski definition) is 16. The Kier molecular flexibility index (Phi) is 25.4. The zero-order valence-electron chi connectivity index (χ0n) is 42.4. The Balaban J connectivity index is 0.000000272. The van der Waals surface area contributed by atoms with E-state index in [-0.39, 0.29) is 45.5 Å². The highest BCUT2D eigenvalue weighted by Crippen LogP contribution is 2.32. The number of nitrogen functional groups attached to an aromatic ring is 3. The van der Waals surface area contributed by atoms with Gasteiger partial charge in [0.1, 0.15) is 5.69 Å². The van der Waals surface area contributed by atoms with Crippen molar-refractivity contribution < 1.29 is 43.9 Å². The fourth-order valence-corrected chi connectivity index (χ4v) is 7.71. The molecule has 0 fully saturated rings. The molecule has 0 bridgehead atoms. The van der Waals surface area contributed by atoms with Gasteiger partial charge in [0.2, 0.25) is 17.1 Å². The first kappa shape index (κ1) is 61.8. The first-order valence-electron chi connectivity index (χ1n) is 22.5. The van der Waals surface area contributed by atoms with Gasteiger partial charge >= 0.3 is 11.9 Å². The van der Waals surface area contributed by atoms with Crippen molar-refractivity contribution in [2.75, 3.05) is 95.1 Å². The SMILES string of the molecule is CN(C)CC(=O)Cl.CN(C)CC(=O)Nc1ccc(C(=O)Nc2cc(-c3cccs3)ccc2N)cc1.CN(C)CC(=O)Nc1ccc(C(=O)O)cc1.Nc1cc(-c2cccs2)ccc1[N+](=O)[O-].Nc1ccc(C(=O)O)cc1. The second-order valence-electron chi connectivity index (χ2n) is 16.8. The summed E-state index contributed by atoms with van der Waals surface area (Å²) in [4.78, 5) is 84.1. The standard InChI is InChI=1S/C21H22N4O2S.C11H14N2O3.C10H8N2O2S.C7H7NO2.C4H8ClNO/c1-25(2)13-20(26)23-16-8-5-14(6-9-16)21(27)24-18-12-15(7-10-17(18)22)19-4-3-11-28-19;1-13(2)7-10(14)12-9-5-3-8(4-6-9)11(15)16;11-8-6-7(10-2-1-5-15-10)3-4-9(8)12(13)14;8-6-3-1-5(2-4-6)7(9)10;1-6(2)3-4(5)7/h3-12H,13,22H2,1-2H3,(H,23,26)(H,24,27);3-6H,7H2,1-2H3,(H,12,14)(H,15,16);1-6H,11H2;1-4H,8H2,(H,9,10);3H2,1-2H3. The predicted octanol–water partition coefficient (Wildman–Crippen LogP) is 8.82. The molecule has 23 heteroatoms. The summed E-state index contributed by atoms with van der Waals surface area (Å²) in [6, 6.07) is 37.1. The third kappa shape index (κ3) is 22.7. The van der Waals surface area contributed by atoms with Gasteiger partial charge in [0.05, 0.1) is 47.1 Å². The van der Waals surface area contributed by atoms with Gasteiger partial charge in [0.15, 0.2) is 0 Å². The highest BCUT2D eigenvalue weighted by Gasteiger charge is 2.13. The number of nitro groups is 1. The van der Waals surface area contributed by atoms with E-state index in [2.05, 4.69) is 16.0 Å². The molecule has 3 amide bonds. The van der Waals surface area contributed by atoms with Gasteiger partial charge in [-0.2, -0.15) is 0 Å². The summed E-state index contributed by atoms with van der Waals surface area (Å²) in [5, 5.41) is 39.6. The summed E-state index contributed by atoms with van der Waals surface area (Å²) in [5.74, 6) is -2.42. The number of halogens is 1. The van der Waals surface area contributed by atoms with E-state index in [1.54, 1.807) is 132 Å². The molecule has 5 aromatic carbocycles. The Labute approximate surface area is 452 Å². The number of rotatable bonds is 15. The van der Waals surface area contributed by atoms with Gasteiger partial charge < -0.3 is 58.1 Å². The lowest BCUT2D eigenvalue weighted by atomic mass is 10.1. The number of carboxylic acids is 2. The minimum absolute atomic E-state index is 0.0460. The Morgan fingerprint density at radius 2 is 0.974 bits per heavy atom. The minimum Gasteiger partial charge on any atom is -0.478 e. The molecule has 7 rings (SSSR count). The van der Waals surface area contributed by atoms with Gasteiger partial charge in [0.25, 0.3) is 11.6 Å². The molecule has 2 aromatic heterocycles. The van der Waals surface area contributed by atoms with Crippen LogP contribution in [-0.2, 0) is 14.4 Å². The van der Waals surface area contributed by atoms with Gasteiger partial charge in [-0.1, -0.05) is 18.2 Å². The minimum atomic E-state index is -0.980. The second-order valence-corrected chi connectivity index (χ2v) is 19.1. The molecule has 0 aliphatic carbocycles. The number of nitro benzene ring substituents is 1. The van der Waals surface area contributed by atoms with Gasteiger partial charge in [0, 0.05) is 38.4 Å². The van der Waals surface area contributed by atoms with E-state index in [4.69, 9.17) is 39.0 Å². The Morgan fingerprint density at radius 1 is 0.553 bits per heavy atom. The number of carboxylic acid groups (broad SMARTS) is 2. The third-order valence-electron chi connectivity index (χ3n) is 9.50. The number of likely N-dealkylation sites (N-methyl/N-ethyl adjacent to an activating group) is 3. The largest absolute Gasteiger partial charge is 0.478 e. The average molecular weight is 1100 g/mol. The van der Waals surface area contributed by atoms with Crippen molar-refractivity contribution in [2.24, 2.45) is 0 Å². The first-order valence-corrected chi connectivity index (χ1v) is 24.6. The molecule has 0 saturated carbocycles. The van der Waals surface area contributed by atoms with E-state index >= 15 is 0 Å². The van der Waals surface area contributed by atoms with E-state index in [9.17, 15) is 38.9 Å². The maximum Gasteiger partial charge on any atom is 0.335 e. The zero-order valence-corrected chi connectivity index (χ0v) is 44.7. The number of benzene rings is 5. The fourth-order valence-electron chi connectivity index (χ4n) is 6.02. The number of thiophene rings is 2. The molecule has 0 aliphatic rings. The fraction of sp³-hybridized carbons (Fsp3) is 0.170. The van der Waals surface area contributed by atoms with Crippen LogP contribution in [-0.4, -0.2) is 127 Å². The van der Waals surface area contributed by atoms with E-state index in [0.29, 0.717) is 53.6 Å². The van der Waals surface area contributed by atoms with Gasteiger partial charge in [-0.3, -0.25) is 29.3 Å². The van der Waals surface area contributed by atoms with Crippen molar-refractivity contribution in [1.29, 1.82) is 0 Å². The monoisotopic (exact) mass is 1090 g/mol. The molecule has 0 atom stereocenters. The number of hydrogen-bond donors (Lipinski definition) is 8. The lowest BCUT2D eigenvalue weighted by molar-refractivity contribution is -0.383. The number of aromatic carboxylic acids is 2. The number of carbonyl (C=O) groups excluding carboxylic acids is 4. The van der Waals surface area contributed by atoms with Crippen LogP contribution < -0.4 is 33.2 Å². The Hall–Kier alpha value is -8.51. The highest BCUT2D eigenvalue weighted by molar-refractivity contribution is 7.13. The van der Waals surface area contributed by atoms with Crippen molar-refractivity contribution in [3.05, 3.63) is 171 Å². The van der Waals surface area contributed by atoms with Gasteiger partial charge in [-0.25, -0.2) is 9.59 Å². The Morgan fingerprint density at radius 3 is 1.34 bits per heavy atom. The van der Waals surface area contributed by atoms with Crippen molar-refractivity contribution in [2.45, 2.75) is 0 Å². The van der Waals surface area contributed by atoms with Crippen molar-refractivity contribution in [3.8, 4) is 20.9 Å². The Bertz CT molecular complexity index is 3010. The number of nitrogens with one attached hydrogen (secondary N) is 3. The molecule has 7 aromatic rings. The summed E-state index contributed by atoms with van der Waals surface area (Å²) < 4.78 is 0. The highest BCUT2D eigenvalue weighted by atomic mass is 35.5. The summed E-state index contributed by atoms with van der Waals surface area (Å²) in [6.07, 6.45) is 0. The zero-order chi connectivity index (χ0) is 56.5. The van der Waals surface area contributed by atoms with Crippen molar-refractivity contribution >= 4 is 109 Å². The summed E-state index contributed by atoms with van der Waals surface area (Å²) in [7, 11) is 10.8. The summed E-state index contributed by atoms with van der Waals surface area (Å²) in [6.45, 7) is 0.907. The number of amides is 3. The second kappa shape index (κ2) is 31.3. The smallest absolute Gasteiger partial charge is 0.335 e. The molecule has 0 aliphatic heterocycles. The van der Waals surface area contributed by atoms with Crippen LogP contribution in [0.3, 0.4) is 0 Å². The quantitative estimate of drug-likeness (QED) is 0.0206. The average Bonchev–Trinajstić information content (AvgIpc) is 4.09. The van der Waals surface area contributed by atoms with Gasteiger partial charge in [-0.05, 0) is 185 Å². The normalized spacial score (nSPS) is 10.2. The molecule has 2 heterocycles. The van der Waals surface area contributed by atoms with E-state index in [1.807, 2.05) is 61.3 Å². The molecule has 0 saturated heterocycles. The molecule has 11 N–H and O–H groups in total. The van der Waals surface area contributed by atoms with Crippen LogP contribution in [0.1, 0.15) is 31.1 Å². The van der Waals surface area contributed by atoms with E-state index in [0.717, 1.165) is 20.9 Å². The van der Waals surface area contributed by atoms with Crippen LogP contribution in [0.4, 0.5) is 39.8 Å². The van der Waals surface area contributed by atoms with Crippen LogP contribution in [0.2, 0.25) is 0 Å². The van der Waals surface area contributed by atoms with Crippen LogP contribution in [0, 0.1) is 10.1 Å². The molecule has 76 heavy (non-hydrogen) atoms. The van der Waals surface area contributed by atoms with Crippen molar-refractivity contribution in [1.82, 2.24) is 14.7 Å². The molecule has 0 radical (unpaired) electrons. The molecule has 20 nitrogen and oxygen atoms in total. The van der Waals surface area contributed by atoms with Crippen LogP contribution in [0.15, 0.2) is 144 Å². The molecule has 0 spiro atoms. The van der Waals surface area contributed by atoms with Crippen LogP contribution >= 0.6 is 34.3 Å². The predicted molar refractivity (Wildman–Crippen MR) is 304 cm³/mol. The molecular formula is C53H59ClN10O10S2. The van der Waals surface area contributed by atoms with E-state index in [1.165, 1.54) is 30.3 Å². The topological polar surface area (TPSA) is 310 Å². The first-order chi connectivity index (χ1) is 35.9. The van der Waals surface area contributed by atoms with Crippen LogP contribution in [0.25, 0.3) is 20.9 Å². The summed E-state index contributed by atoms with van der Waals surface area (Å²) in [5.41, 5.74) is 22.8. The maximum atomic E-state index is 12.6. The van der Waals surface area contributed by atoms with Gasteiger partial charge in [-0.15, -0.1) is 22.7 Å². The lowest BCUT2D eigenvalue weighted by Gasteiger charge is -2.12. The maximum absolute atomic E-state index is 12.6. The third-order valence-corrected chi connectivity index (χ3v) is 11.5. The number of anilines is 6. The molecule has 400 valence electrons. The molecular weight excluding hydrogens is 1040 g/mol. The molecule has 0 unspecified atom stereocenters. The van der Waals surface area contributed by atoms with E-state index < -0.39 is 16.9 Å².